The van der Waals surface area contributed by atoms with Crippen molar-refractivity contribution >= 4 is 17.5 Å². The quantitative estimate of drug-likeness (QED) is 0.852. The normalized spacial score (nSPS) is 22.0. The Hall–Kier alpha value is -2.62. The molecule has 2 heterocycles. The zero-order chi connectivity index (χ0) is 18.1. The first-order valence-electron chi connectivity index (χ1n) is 9.36. The van der Waals surface area contributed by atoms with Gasteiger partial charge in [0.25, 0.3) is 0 Å². The number of amides is 2. The molecule has 2 aliphatic rings. The molecular formula is C22H24N2O2. The standard InChI is InChI=1S/C22H24N2O2/c1-16-13-18-9-5-6-10-20(18)24(16)22(26)19-14-21(25)23(15-19)12-11-17-7-3-2-4-8-17/h2-10,16,19H,11-15H2,1H3/t16-,19-/m1/s1. The number of nitrogens with zero attached hydrogens (tertiary/aromatic N) is 2. The van der Waals surface area contributed by atoms with Crippen molar-refractivity contribution in [2.75, 3.05) is 18.0 Å². The first kappa shape index (κ1) is 16.8. The fraction of sp³-hybridized carbons (Fsp3) is 0.364. The van der Waals surface area contributed by atoms with Gasteiger partial charge in [0.15, 0.2) is 0 Å². The zero-order valence-corrected chi connectivity index (χ0v) is 15.1. The molecule has 0 unspecified atom stereocenters. The van der Waals surface area contributed by atoms with E-state index < -0.39 is 0 Å². The highest BCUT2D eigenvalue weighted by atomic mass is 16.2. The van der Waals surface area contributed by atoms with Gasteiger partial charge in [-0.25, -0.2) is 0 Å². The summed E-state index contributed by atoms with van der Waals surface area (Å²) in [6, 6.07) is 18.4. The zero-order valence-electron chi connectivity index (χ0n) is 15.1. The van der Waals surface area contributed by atoms with Crippen LogP contribution in [-0.4, -0.2) is 35.8 Å². The van der Waals surface area contributed by atoms with Crippen LogP contribution in [0.25, 0.3) is 0 Å². The van der Waals surface area contributed by atoms with Crippen LogP contribution in [0.2, 0.25) is 0 Å². The van der Waals surface area contributed by atoms with Crippen molar-refractivity contribution < 1.29 is 9.59 Å². The Balaban J connectivity index is 1.43. The summed E-state index contributed by atoms with van der Waals surface area (Å²) in [4.78, 5) is 29.3. The number of benzene rings is 2. The molecule has 134 valence electrons. The number of rotatable bonds is 4. The third-order valence-corrected chi connectivity index (χ3v) is 5.52. The molecule has 0 N–H and O–H groups in total. The van der Waals surface area contributed by atoms with Gasteiger partial charge in [-0.3, -0.25) is 9.59 Å². The molecule has 0 spiro atoms. The van der Waals surface area contributed by atoms with E-state index in [1.165, 1.54) is 11.1 Å². The van der Waals surface area contributed by atoms with Gasteiger partial charge in [-0.1, -0.05) is 48.5 Å². The summed E-state index contributed by atoms with van der Waals surface area (Å²) >= 11 is 0. The van der Waals surface area contributed by atoms with Crippen LogP contribution in [0.15, 0.2) is 54.6 Å². The minimum Gasteiger partial charge on any atom is -0.342 e. The lowest BCUT2D eigenvalue weighted by Gasteiger charge is -2.26. The molecule has 0 saturated carbocycles. The summed E-state index contributed by atoms with van der Waals surface area (Å²) in [6.07, 6.45) is 2.05. The Morgan fingerprint density at radius 2 is 1.77 bits per heavy atom. The van der Waals surface area contributed by atoms with Crippen LogP contribution in [0.1, 0.15) is 24.5 Å². The van der Waals surface area contributed by atoms with E-state index in [9.17, 15) is 9.59 Å². The van der Waals surface area contributed by atoms with Crippen molar-refractivity contribution in [3.8, 4) is 0 Å². The van der Waals surface area contributed by atoms with Gasteiger partial charge >= 0.3 is 0 Å². The number of fused-ring (bicyclic) bond motifs is 1. The number of anilines is 1. The lowest BCUT2D eigenvalue weighted by atomic mass is 10.1. The van der Waals surface area contributed by atoms with E-state index in [1.54, 1.807) is 0 Å². The first-order valence-corrected chi connectivity index (χ1v) is 9.36. The molecule has 2 atom stereocenters. The number of para-hydroxylation sites is 1. The van der Waals surface area contributed by atoms with Gasteiger partial charge in [-0.05, 0) is 37.0 Å². The monoisotopic (exact) mass is 348 g/mol. The summed E-state index contributed by atoms with van der Waals surface area (Å²) in [7, 11) is 0. The molecule has 2 aromatic rings. The second kappa shape index (κ2) is 6.94. The molecule has 26 heavy (non-hydrogen) atoms. The maximum absolute atomic E-state index is 13.1. The number of carbonyl (C=O) groups excluding carboxylic acids is 2. The Morgan fingerprint density at radius 3 is 2.58 bits per heavy atom. The maximum atomic E-state index is 13.1. The predicted octanol–water partition coefficient (Wildman–Crippen LogP) is 3.06. The van der Waals surface area contributed by atoms with Gasteiger partial charge < -0.3 is 9.80 Å². The first-order chi connectivity index (χ1) is 12.6. The van der Waals surface area contributed by atoms with Crippen molar-refractivity contribution in [1.82, 2.24) is 4.90 Å². The Morgan fingerprint density at radius 1 is 1.04 bits per heavy atom. The maximum Gasteiger partial charge on any atom is 0.232 e. The highest BCUT2D eigenvalue weighted by molar-refractivity contribution is 6.01. The summed E-state index contributed by atoms with van der Waals surface area (Å²) in [5, 5.41) is 0. The average Bonchev–Trinajstić information content (AvgIpc) is 3.19. The van der Waals surface area contributed by atoms with Crippen LogP contribution in [0.4, 0.5) is 5.69 Å². The molecule has 2 aromatic carbocycles. The summed E-state index contributed by atoms with van der Waals surface area (Å²) in [5.74, 6) is -0.0377. The lowest BCUT2D eigenvalue weighted by Crippen LogP contribution is -2.41. The van der Waals surface area contributed by atoms with Gasteiger partial charge in [0.2, 0.25) is 11.8 Å². The number of likely N-dealkylation sites (tertiary alicyclic amines) is 1. The molecule has 0 aliphatic carbocycles. The summed E-state index contributed by atoms with van der Waals surface area (Å²) < 4.78 is 0. The van der Waals surface area contributed by atoms with Crippen LogP contribution in [-0.2, 0) is 22.4 Å². The molecule has 1 saturated heterocycles. The molecule has 1 fully saturated rings. The molecule has 0 bridgehead atoms. The topological polar surface area (TPSA) is 40.6 Å². The van der Waals surface area contributed by atoms with E-state index in [4.69, 9.17) is 0 Å². The fourth-order valence-electron chi connectivity index (χ4n) is 4.16. The number of hydrogen-bond acceptors (Lipinski definition) is 2. The van der Waals surface area contributed by atoms with E-state index >= 15 is 0 Å². The Bertz CT molecular complexity index is 818. The number of hydrogen-bond donors (Lipinski definition) is 0. The summed E-state index contributed by atoms with van der Waals surface area (Å²) in [5.41, 5.74) is 3.45. The second-order valence-electron chi connectivity index (χ2n) is 7.37. The second-order valence-corrected chi connectivity index (χ2v) is 7.37. The van der Waals surface area contributed by atoms with Crippen molar-refractivity contribution in [3.05, 3.63) is 65.7 Å². The van der Waals surface area contributed by atoms with Gasteiger partial charge in [0.1, 0.15) is 0 Å². The van der Waals surface area contributed by atoms with E-state index in [1.807, 2.05) is 46.2 Å². The third kappa shape index (κ3) is 3.12. The van der Waals surface area contributed by atoms with Crippen LogP contribution in [0, 0.1) is 5.92 Å². The molecule has 4 heteroatoms. The van der Waals surface area contributed by atoms with E-state index in [2.05, 4.69) is 25.1 Å². The van der Waals surface area contributed by atoms with Gasteiger partial charge in [-0.15, -0.1) is 0 Å². The largest absolute Gasteiger partial charge is 0.342 e. The molecule has 2 aliphatic heterocycles. The number of carbonyl (C=O) groups is 2. The third-order valence-electron chi connectivity index (χ3n) is 5.52. The summed E-state index contributed by atoms with van der Waals surface area (Å²) in [6.45, 7) is 3.30. The van der Waals surface area contributed by atoms with Gasteiger partial charge in [0, 0.05) is 31.2 Å². The van der Waals surface area contributed by atoms with Crippen molar-refractivity contribution in [3.63, 3.8) is 0 Å². The SMILES string of the molecule is C[C@@H]1Cc2ccccc2N1C(=O)[C@@H]1CC(=O)N(CCc2ccccc2)C1. The molecule has 2 amide bonds. The average molecular weight is 348 g/mol. The Kier molecular flexibility index (Phi) is 4.49. The smallest absolute Gasteiger partial charge is 0.232 e. The minimum absolute atomic E-state index is 0.0954. The van der Waals surface area contributed by atoms with Crippen molar-refractivity contribution in [2.45, 2.75) is 32.2 Å². The Labute approximate surface area is 154 Å². The lowest BCUT2D eigenvalue weighted by molar-refractivity contribution is -0.128. The minimum atomic E-state index is -0.230. The van der Waals surface area contributed by atoms with E-state index in [-0.39, 0.29) is 23.8 Å². The fourth-order valence-corrected chi connectivity index (χ4v) is 4.16. The van der Waals surface area contributed by atoms with Crippen LogP contribution in [0.3, 0.4) is 0 Å². The molecule has 4 nitrogen and oxygen atoms in total. The van der Waals surface area contributed by atoms with Crippen LogP contribution < -0.4 is 4.90 Å². The highest BCUT2D eigenvalue weighted by Crippen LogP contribution is 2.34. The van der Waals surface area contributed by atoms with Gasteiger partial charge in [-0.2, -0.15) is 0 Å². The van der Waals surface area contributed by atoms with Crippen LogP contribution in [0.5, 0.6) is 0 Å². The van der Waals surface area contributed by atoms with E-state index in [0.717, 1.165) is 18.5 Å². The van der Waals surface area contributed by atoms with Crippen LogP contribution >= 0.6 is 0 Å². The molecule has 4 rings (SSSR count). The van der Waals surface area contributed by atoms with Crippen molar-refractivity contribution in [1.29, 1.82) is 0 Å². The highest BCUT2D eigenvalue weighted by Gasteiger charge is 2.40. The van der Waals surface area contributed by atoms with E-state index in [0.29, 0.717) is 19.5 Å². The van der Waals surface area contributed by atoms with Crippen molar-refractivity contribution in [2.24, 2.45) is 5.92 Å². The predicted molar refractivity (Wildman–Crippen MR) is 102 cm³/mol. The van der Waals surface area contributed by atoms with Gasteiger partial charge in [0.05, 0.1) is 5.92 Å². The molecule has 0 aromatic heterocycles. The molecule has 0 radical (unpaired) electrons. The molecular weight excluding hydrogens is 324 g/mol.